The Balaban J connectivity index is 1.65. The lowest BCUT2D eigenvalue weighted by atomic mass is 9.43. The van der Waals surface area contributed by atoms with Gasteiger partial charge < -0.3 is 10.2 Å². The molecule has 3 fully saturated rings. The molecule has 8 atom stereocenters. The summed E-state index contributed by atoms with van der Waals surface area (Å²) in [5, 5.41) is 19.9. The molecule has 0 radical (unpaired) electrons. The summed E-state index contributed by atoms with van der Waals surface area (Å²) >= 11 is 0. The quantitative estimate of drug-likeness (QED) is 0.402. The van der Waals surface area contributed by atoms with Gasteiger partial charge in [0.2, 0.25) is 0 Å². The van der Waals surface area contributed by atoms with E-state index in [1.807, 2.05) is 0 Å². The molecule has 0 saturated heterocycles. The van der Waals surface area contributed by atoms with E-state index in [0.29, 0.717) is 12.3 Å². The fourth-order valence-corrected chi connectivity index (χ4v) is 8.97. The minimum atomic E-state index is -0.725. The maximum Gasteiger partial charge on any atom is 0.310 e. The predicted molar refractivity (Wildman–Crippen MR) is 135 cm³/mol. The van der Waals surface area contributed by atoms with Crippen LogP contribution in [-0.4, -0.2) is 22.2 Å². The van der Waals surface area contributed by atoms with Crippen LogP contribution in [0.5, 0.6) is 0 Å². The molecule has 4 heteroatoms. The number of hydrogen-bond donors (Lipinski definition) is 2. The third kappa shape index (κ3) is 3.62. The SMILES string of the molecule is C=C1[C@@H](C(=O)O)CC[C@]2(C)[C@@H]3CC[C@@]4(C)[C@H]([C@H](CCC=C(C)C)C(=O)O)CC[C@]4(C)C3=CC[C@@H]12. The summed E-state index contributed by atoms with van der Waals surface area (Å²) in [6.07, 6.45) is 12.8. The van der Waals surface area contributed by atoms with Gasteiger partial charge in [0.15, 0.2) is 0 Å². The predicted octanol–water partition coefficient (Wildman–Crippen LogP) is 7.27. The van der Waals surface area contributed by atoms with Gasteiger partial charge in [-0.25, -0.2) is 0 Å². The average Bonchev–Trinajstić information content (AvgIpc) is 3.02. The van der Waals surface area contributed by atoms with Gasteiger partial charge in [0.05, 0.1) is 11.8 Å². The second kappa shape index (κ2) is 8.68. The first-order chi connectivity index (χ1) is 15.9. The molecule has 0 aliphatic heterocycles. The molecule has 2 N–H and O–H groups in total. The number of carboxylic acids is 2. The highest BCUT2D eigenvalue weighted by Gasteiger charge is 2.64. The number of hydrogen-bond acceptors (Lipinski definition) is 2. The standard InChI is InChI=1S/C30H44O4/c1-18(2)8-7-9-21(27(33)34)23-13-16-30(6)25-11-10-22-19(3)20(26(31)32)12-15-28(22,4)24(25)14-17-29(23,30)5/h8,11,20-24H,3,7,9-10,12-17H2,1-2,4-6H3,(H,31,32)(H,33,34)/t20-,21-,22-,23-,24+,28-,29-,30+/m0/s1. The Morgan fingerprint density at radius 1 is 1.09 bits per heavy atom. The Bertz CT molecular complexity index is 939. The molecule has 4 aliphatic rings. The summed E-state index contributed by atoms with van der Waals surface area (Å²) in [5.41, 5.74) is 3.79. The van der Waals surface area contributed by atoms with Crippen LogP contribution in [0.2, 0.25) is 0 Å². The third-order valence-electron chi connectivity index (χ3n) is 11.2. The molecule has 0 aromatic rings. The summed E-state index contributed by atoms with van der Waals surface area (Å²) in [7, 11) is 0. The smallest absolute Gasteiger partial charge is 0.310 e. The minimum absolute atomic E-state index is 0.0121. The molecule has 0 aromatic carbocycles. The molecule has 0 bridgehead atoms. The van der Waals surface area contributed by atoms with Crippen LogP contribution < -0.4 is 0 Å². The second-order valence-electron chi connectivity index (χ2n) is 12.7. The largest absolute Gasteiger partial charge is 0.481 e. The third-order valence-corrected chi connectivity index (χ3v) is 11.2. The molecule has 0 unspecified atom stereocenters. The molecular formula is C30H44O4. The van der Waals surface area contributed by atoms with Gasteiger partial charge in [-0.2, -0.15) is 0 Å². The normalized spacial score (nSPS) is 42.0. The first-order valence-corrected chi connectivity index (χ1v) is 13.3. The van der Waals surface area contributed by atoms with E-state index in [0.717, 1.165) is 56.9 Å². The van der Waals surface area contributed by atoms with Crippen LogP contribution in [0.4, 0.5) is 0 Å². The Kier molecular flexibility index (Phi) is 6.44. The van der Waals surface area contributed by atoms with Crippen LogP contribution in [0.15, 0.2) is 35.5 Å². The van der Waals surface area contributed by atoms with Crippen molar-refractivity contribution in [3.63, 3.8) is 0 Å². The van der Waals surface area contributed by atoms with Crippen molar-refractivity contribution in [1.29, 1.82) is 0 Å². The van der Waals surface area contributed by atoms with Gasteiger partial charge in [-0.05, 0) is 106 Å². The van der Waals surface area contributed by atoms with Gasteiger partial charge in [0.25, 0.3) is 0 Å². The lowest BCUT2D eigenvalue weighted by Gasteiger charge is -2.61. The van der Waals surface area contributed by atoms with Crippen molar-refractivity contribution in [2.45, 2.75) is 92.4 Å². The maximum absolute atomic E-state index is 12.4. The van der Waals surface area contributed by atoms with E-state index in [1.165, 1.54) is 5.57 Å². The van der Waals surface area contributed by atoms with Gasteiger partial charge in [0.1, 0.15) is 0 Å². The number of rotatable bonds is 6. The zero-order valence-corrected chi connectivity index (χ0v) is 21.8. The van der Waals surface area contributed by atoms with Gasteiger partial charge >= 0.3 is 11.9 Å². The maximum atomic E-state index is 12.4. The van der Waals surface area contributed by atoms with Crippen molar-refractivity contribution in [1.82, 2.24) is 0 Å². The summed E-state index contributed by atoms with van der Waals surface area (Å²) < 4.78 is 0. The molecule has 4 rings (SSSR count). The zero-order chi connectivity index (χ0) is 25.1. The fraction of sp³-hybridized carbons (Fsp3) is 0.733. The van der Waals surface area contributed by atoms with E-state index in [9.17, 15) is 19.8 Å². The Morgan fingerprint density at radius 2 is 1.79 bits per heavy atom. The van der Waals surface area contributed by atoms with E-state index >= 15 is 0 Å². The van der Waals surface area contributed by atoms with Crippen LogP contribution in [0.25, 0.3) is 0 Å². The summed E-state index contributed by atoms with van der Waals surface area (Å²) in [6, 6.07) is 0. The van der Waals surface area contributed by atoms with Gasteiger partial charge in [-0.15, -0.1) is 0 Å². The Labute approximate surface area is 205 Å². The van der Waals surface area contributed by atoms with Crippen LogP contribution in [0.3, 0.4) is 0 Å². The summed E-state index contributed by atoms with van der Waals surface area (Å²) in [5.74, 6) is -1.18. The number of carbonyl (C=O) groups is 2. The zero-order valence-electron chi connectivity index (χ0n) is 21.8. The molecule has 0 heterocycles. The summed E-state index contributed by atoms with van der Waals surface area (Å²) in [6.45, 7) is 15.6. The van der Waals surface area contributed by atoms with Gasteiger partial charge in [-0.3, -0.25) is 9.59 Å². The molecule has 0 amide bonds. The number of fused-ring (bicyclic) bond motifs is 5. The number of carboxylic acid groups (broad SMARTS) is 2. The Hall–Kier alpha value is -1.84. The minimum Gasteiger partial charge on any atom is -0.481 e. The first kappa shape index (κ1) is 25.3. The molecule has 0 aromatic heterocycles. The lowest BCUT2D eigenvalue weighted by Crippen LogP contribution is -2.54. The van der Waals surface area contributed by atoms with Crippen LogP contribution in [-0.2, 0) is 9.59 Å². The molecule has 34 heavy (non-hydrogen) atoms. The van der Waals surface area contributed by atoms with Crippen molar-refractivity contribution in [3.05, 3.63) is 35.5 Å². The van der Waals surface area contributed by atoms with Crippen molar-refractivity contribution in [2.24, 2.45) is 45.8 Å². The van der Waals surface area contributed by atoms with Crippen LogP contribution in [0, 0.1) is 45.8 Å². The number of aliphatic carboxylic acids is 2. The van der Waals surface area contributed by atoms with Crippen molar-refractivity contribution >= 4 is 11.9 Å². The molecule has 4 aliphatic carbocycles. The molecular weight excluding hydrogens is 424 g/mol. The fourth-order valence-electron chi connectivity index (χ4n) is 8.97. The van der Waals surface area contributed by atoms with E-state index in [2.05, 4.69) is 53.3 Å². The highest BCUT2D eigenvalue weighted by molar-refractivity contribution is 5.74. The molecule has 4 nitrogen and oxygen atoms in total. The monoisotopic (exact) mass is 468 g/mol. The van der Waals surface area contributed by atoms with Crippen LogP contribution in [0.1, 0.15) is 92.4 Å². The second-order valence-corrected chi connectivity index (χ2v) is 12.7. The first-order valence-electron chi connectivity index (χ1n) is 13.3. The summed E-state index contributed by atoms with van der Waals surface area (Å²) in [4.78, 5) is 24.2. The van der Waals surface area contributed by atoms with E-state index in [4.69, 9.17) is 0 Å². The lowest BCUT2D eigenvalue weighted by molar-refractivity contribution is -0.148. The van der Waals surface area contributed by atoms with Crippen molar-refractivity contribution in [2.75, 3.05) is 0 Å². The van der Waals surface area contributed by atoms with Crippen molar-refractivity contribution in [3.8, 4) is 0 Å². The van der Waals surface area contributed by atoms with Crippen LogP contribution >= 0.6 is 0 Å². The van der Waals surface area contributed by atoms with Gasteiger partial charge in [-0.1, -0.05) is 56.2 Å². The highest BCUT2D eigenvalue weighted by atomic mass is 16.4. The van der Waals surface area contributed by atoms with E-state index < -0.39 is 17.9 Å². The van der Waals surface area contributed by atoms with E-state index in [1.54, 1.807) is 5.57 Å². The Morgan fingerprint density at radius 3 is 2.41 bits per heavy atom. The topological polar surface area (TPSA) is 74.6 Å². The van der Waals surface area contributed by atoms with Crippen molar-refractivity contribution < 1.29 is 19.8 Å². The van der Waals surface area contributed by atoms with E-state index in [-0.39, 0.29) is 34.0 Å². The number of allylic oxidation sites excluding steroid dienone is 4. The van der Waals surface area contributed by atoms with Gasteiger partial charge in [0, 0.05) is 0 Å². The average molecular weight is 469 g/mol. The molecule has 188 valence electrons. The molecule has 3 saturated carbocycles. The highest BCUT2D eigenvalue weighted by Crippen LogP contribution is 2.72. The molecule has 0 spiro atoms.